The van der Waals surface area contributed by atoms with Crippen LogP contribution in [0.15, 0.2) is 18.2 Å². The second-order valence-electron chi connectivity index (χ2n) is 4.68. The lowest BCUT2D eigenvalue weighted by Gasteiger charge is -2.17. The highest BCUT2D eigenvalue weighted by molar-refractivity contribution is 6.30. The summed E-state index contributed by atoms with van der Waals surface area (Å²) in [5, 5.41) is 0.192. The first kappa shape index (κ1) is 13.5. The summed E-state index contributed by atoms with van der Waals surface area (Å²) in [4.78, 5) is 0. The maximum Gasteiger partial charge on any atom is 0.141 e. The van der Waals surface area contributed by atoms with Crippen LogP contribution in [0.3, 0.4) is 0 Å². The Hall–Kier alpha value is -0.600. The zero-order valence-electron chi connectivity index (χ0n) is 9.84. The summed E-state index contributed by atoms with van der Waals surface area (Å²) >= 11 is 5.74. The Morgan fingerprint density at radius 1 is 1.38 bits per heavy atom. The molecule has 0 aliphatic heterocycles. The Morgan fingerprint density at radius 3 is 2.56 bits per heavy atom. The van der Waals surface area contributed by atoms with E-state index in [1.54, 1.807) is 12.1 Å². The minimum absolute atomic E-state index is 0.192. The van der Waals surface area contributed by atoms with Gasteiger partial charge < -0.3 is 5.73 Å². The summed E-state index contributed by atoms with van der Waals surface area (Å²) in [5.41, 5.74) is 6.79. The van der Waals surface area contributed by atoms with E-state index in [1.807, 2.05) is 0 Å². The van der Waals surface area contributed by atoms with Crippen LogP contribution in [0.2, 0.25) is 5.02 Å². The molecule has 0 spiro atoms. The first-order chi connectivity index (χ1) is 7.52. The van der Waals surface area contributed by atoms with Crippen molar-refractivity contribution < 1.29 is 4.39 Å². The zero-order valence-corrected chi connectivity index (χ0v) is 10.6. The van der Waals surface area contributed by atoms with E-state index in [2.05, 4.69) is 13.8 Å². The molecule has 0 saturated carbocycles. The van der Waals surface area contributed by atoms with Gasteiger partial charge in [0.25, 0.3) is 0 Å². The lowest BCUT2D eigenvalue weighted by Crippen LogP contribution is -2.18. The van der Waals surface area contributed by atoms with E-state index in [-0.39, 0.29) is 10.8 Å². The standard InChI is InChI=1S/C13H19ClFN/c1-9(2)5-11(8-16)6-10-3-4-13(15)12(14)7-10/h3-4,7,9,11H,5-6,8,16H2,1-2H3. The van der Waals surface area contributed by atoms with Crippen molar-refractivity contribution in [3.63, 3.8) is 0 Å². The monoisotopic (exact) mass is 243 g/mol. The number of rotatable bonds is 5. The molecule has 0 fully saturated rings. The van der Waals surface area contributed by atoms with Crippen molar-refractivity contribution in [1.29, 1.82) is 0 Å². The van der Waals surface area contributed by atoms with Crippen LogP contribution in [-0.2, 0) is 6.42 Å². The number of halogens is 2. The molecule has 16 heavy (non-hydrogen) atoms. The van der Waals surface area contributed by atoms with Crippen LogP contribution in [0.1, 0.15) is 25.8 Å². The molecule has 0 aromatic heterocycles. The van der Waals surface area contributed by atoms with Crippen molar-refractivity contribution in [3.05, 3.63) is 34.6 Å². The second kappa shape index (κ2) is 6.21. The molecule has 2 N–H and O–H groups in total. The molecule has 1 nitrogen and oxygen atoms in total. The maximum absolute atomic E-state index is 13.0. The molecule has 0 heterocycles. The summed E-state index contributed by atoms with van der Waals surface area (Å²) in [7, 11) is 0. The van der Waals surface area contributed by atoms with Crippen molar-refractivity contribution >= 4 is 11.6 Å². The fourth-order valence-electron chi connectivity index (χ4n) is 1.93. The van der Waals surface area contributed by atoms with E-state index in [9.17, 15) is 4.39 Å². The summed E-state index contributed by atoms with van der Waals surface area (Å²) in [6.45, 7) is 5.02. The molecule has 0 radical (unpaired) electrons. The van der Waals surface area contributed by atoms with E-state index in [4.69, 9.17) is 17.3 Å². The average molecular weight is 244 g/mol. The highest BCUT2D eigenvalue weighted by Crippen LogP contribution is 2.20. The van der Waals surface area contributed by atoms with Crippen molar-refractivity contribution in [3.8, 4) is 0 Å². The molecule has 0 bridgehead atoms. The zero-order chi connectivity index (χ0) is 12.1. The van der Waals surface area contributed by atoms with Crippen LogP contribution in [-0.4, -0.2) is 6.54 Å². The van der Waals surface area contributed by atoms with Crippen molar-refractivity contribution in [1.82, 2.24) is 0 Å². The van der Waals surface area contributed by atoms with Gasteiger partial charge in [0.1, 0.15) is 5.82 Å². The van der Waals surface area contributed by atoms with Gasteiger partial charge in [0, 0.05) is 0 Å². The Bertz CT molecular complexity index is 339. The Morgan fingerprint density at radius 2 is 2.06 bits per heavy atom. The van der Waals surface area contributed by atoms with Gasteiger partial charge in [-0.3, -0.25) is 0 Å². The molecule has 0 amide bonds. The summed E-state index contributed by atoms with van der Waals surface area (Å²) < 4.78 is 13.0. The van der Waals surface area contributed by atoms with Crippen molar-refractivity contribution in [2.75, 3.05) is 6.54 Å². The molecule has 0 aliphatic rings. The molecule has 1 aromatic carbocycles. The first-order valence-electron chi connectivity index (χ1n) is 5.67. The highest BCUT2D eigenvalue weighted by Gasteiger charge is 2.11. The van der Waals surface area contributed by atoms with Crippen LogP contribution in [0.4, 0.5) is 4.39 Å². The maximum atomic E-state index is 13.0. The normalized spacial score (nSPS) is 13.1. The minimum Gasteiger partial charge on any atom is -0.330 e. The van der Waals surface area contributed by atoms with Gasteiger partial charge in [-0.15, -0.1) is 0 Å². The lowest BCUT2D eigenvalue weighted by molar-refractivity contribution is 0.415. The third-order valence-corrected chi connectivity index (χ3v) is 2.94. The molecular formula is C13H19ClFN. The van der Waals surface area contributed by atoms with E-state index >= 15 is 0 Å². The first-order valence-corrected chi connectivity index (χ1v) is 6.04. The Kier molecular flexibility index (Phi) is 5.23. The van der Waals surface area contributed by atoms with Crippen molar-refractivity contribution in [2.24, 2.45) is 17.6 Å². The van der Waals surface area contributed by atoms with Crippen LogP contribution >= 0.6 is 11.6 Å². The summed E-state index contributed by atoms with van der Waals surface area (Å²) in [6, 6.07) is 4.89. The van der Waals surface area contributed by atoms with E-state index in [0.717, 1.165) is 18.4 Å². The molecule has 1 aromatic rings. The lowest BCUT2D eigenvalue weighted by atomic mass is 9.91. The van der Waals surface area contributed by atoms with Crippen LogP contribution in [0, 0.1) is 17.7 Å². The van der Waals surface area contributed by atoms with Gasteiger partial charge in [-0.05, 0) is 48.9 Å². The smallest absolute Gasteiger partial charge is 0.141 e. The fourth-order valence-corrected chi connectivity index (χ4v) is 2.13. The molecule has 90 valence electrons. The van der Waals surface area contributed by atoms with Gasteiger partial charge in [-0.2, -0.15) is 0 Å². The van der Waals surface area contributed by atoms with Gasteiger partial charge >= 0.3 is 0 Å². The Balaban J connectivity index is 2.66. The molecule has 0 saturated heterocycles. The van der Waals surface area contributed by atoms with Crippen LogP contribution in [0.5, 0.6) is 0 Å². The predicted molar refractivity (Wildman–Crippen MR) is 67.1 cm³/mol. The van der Waals surface area contributed by atoms with Gasteiger partial charge in [0.15, 0.2) is 0 Å². The molecule has 3 heteroatoms. The summed E-state index contributed by atoms with van der Waals surface area (Å²) in [6.07, 6.45) is 1.96. The van der Waals surface area contributed by atoms with Gasteiger partial charge in [0.2, 0.25) is 0 Å². The van der Waals surface area contributed by atoms with E-state index in [1.165, 1.54) is 6.07 Å². The number of nitrogens with two attached hydrogens (primary N) is 1. The Labute approximate surface area is 102 Å². The molecular weight excluding hydrogens is 225 g/mol. The average Bonchev–Trinajstić information content (AvgIpc) is 2.22. The molecule has 0 aliphatic carbocycles. The molecule has 1 unspecified atom stereocenters. The summed E-state index contributed by atoms with van der Waals surface area (Å²) in [5.74, 6) is 0.713. The quantitative estimate of drug-likeness (QED) is 0.840. The van der Waals surface area contributed by atoms with Crippen LogP contribution in [0.25, 0.3) is 0 Å². The molecule has 1 atom stereocenters. The fraction of sp³-hybridized carbons (Fsp3) is 0.538. The SMILES string of the molecule is CC(C)CC(CN)Cc1ccc(F)c(Cl)c1. The predicted octanol–water partition coefficient (Wildman–Crippen LogP) is 3.64. The van der Waals surface area contributed by atoms with Gasteiger partial charge in [-0.25, -0.2) is 4.39 Å². The number of hydrogen-bond acceptors (Lipinski definition) is 1. The topological polar surface area (TPSA) is 26.0 Å². The van der Waals surface area contributed by atoms with Crippen LogP contribution < -0.4 is 5.73 Å². The third kappa shape index (κ3) is 4.11. The third-order valence-electron chi connectivity index (χ3n) is 2.65. The highest BCUT2D eigenvalue weighted by atomic mass is 35.5. The van der Waals surface area contributed by atoms with Crippen molar-refractivity contribution in [2.45, 2.75) is 26.7 Å². The minimum atomic E-state index is -0.362. The largest absolute Gasteiger partial charge is 0.330 e. The van der Waals surface area contributed by atoms with Gasteiger partial charge in [-0.1, -0.05) is 31.5 Å². The van der Waals surface area contributed by atoms with E-state index < -0.39 is 0 Å². The molecule has 1 rings (SSSR count). The van der Waals surface area contributed by atoms with Gasteiger partial charge in [0.05, 0.1) is 5.02 Å². The second-order valence-corrected chi connectivity index (χ2v) is 5.09. The number of hydrogen-bond donors (Lipinski definition) is 1. The number of benzene rings is 1. The van der Waals surface area contributed by atoms with E-state index in [0.29, 0.717) is 18.4 Å².